The van der Waals surface area contributed by atoms with Crippen molar-refractivity contribution in [3.8, 4) is 28.4 Å². The molecule has 4 aromatic rings. The van der Waals surface area contributed by atoms with Crippen molar-refractivity contribution in [2.45, 2.75) is 40.2 Å². The van der Waals surface area contributed by atoms with Crippen molar-refractivity contribution in [2.75, 3.05) is 7.11 Å². The quantitative estimate of drug-likeness (QED) is 0.288. The van der Waals surface area contributed by atoms with Gasteiger partial charge in [-0.15, -0.1) is 20.4 Å². The Hall–Kier alpha value is -5.00. The summed E-state index contributed by atoms with van der Waals surface area (Å²) < 4.78 is 40.1. The number of amides is 1. The summed E-state index contributed by atoms with van der Waals surface area (Å²) in [4.78, 5) is 12.8. The molecule has 0 saturated carbocycles. The van der Waals surface area contributed by atoms with Crippen LogP contribution in [0, 0.1) is 6.92 Å². The molecule has 0 saturated heterocycles. The molecule has 12 heteroatoms. The fourth-order valence-corrected chi connectivity index (χ4v) is 5.75. The van der Waals surface area contributed by atoms with Crippen LogP contribution in [0.1, 0.15) is 43.8 Å². The van der Waals surface area contributed by atoms with E-state index in [2.05, 4.69) is 25.7 Å². The second-order valence-corrected chi connectivity index (χ2v) is 10.7. The molecule has 0 unspecified atom stereocenters. The van der Waals surface area contributed by atoms with Crippen molar-refractivity contribution in [2.24, 2.45) is 0 Å². The predicted octanol–water partition coefficient (Wildman–Crippen LogP) is 5.20. The average Bonchev–Trinajstić information content (AvgIpc) is 3.55. The van der Waals surface area contributed by atoms with Gasteiger partial charge in [0.2, 0.25) is 11.7 Å². The number of benzene rings is 2. The van der Waals surface area contributed by atoms with Gasteiger partial charge in [-0.1, -0.05) is 24.3 Å². The van der Waals surface area contributed by atoms with Gasteiger partial charge in [0.1, 0.15) is 11.5 Å². The van der Waals surface area contributed by atoms with Crippen LogP contribution in [0.4, 0.5) is 8.63 Å². The Kier molecular flexibility index (Phi) is 7.21. The van der Waals surface area contributed by atoms with E-state index in [0.29, 0.717) is 58.7 Å². The summed E-state index contributed by atoms with van der Waals surface area (Å²) in [6, 6.07) is 18.0. The molecule has 0 spiro atoms. The van der Waals surface area contributed by atoms with Crippen LogP contribution >= 0.6 is 0 Å². The lowest BCUT2D eigenvalue weighted by Crippen LogP contribution is -2.50. The van der Waals surface area contributed by atoms with Crippen LogP contribution in [0.3, 0.4) is 0 Å². The molecule has 0 bridgehead atoms. The smallest absolute Gasteiger partial charge is 0.497 e. The van der Waals surface area contributed by atoms with E-state index in [9.17, 15) is 4.79 Å². The minimum absolute atomic E-state index is 0.156. The Labute approximate surface area is 247 Å². The molecular weight excluding hydrogens is 551 g/mol. The highest BCUT2D eigenvalue weighted by Crippen LogP contribution is 2.40. The standard InChI is InChI=1S/C31H30BF2N7O2/c1-19-27(14-16-30(42)35-18-22-5-7-24(8-6-22)31-38-36-21(3)37-39-31)20(2)40-29(19)17-25-11-15-28(41(25)32(40,33)34)23-9-12-26(43-4)13-10-23/h5-13,15,17H,14,16,18H2,1-4H3,(H,35,42). The van der Waals surface area contributed by atoms with Gasteiger partial charge in [0.15, 0.2) is 11.5 Å². The van der Waals surface area contributed by atoms with E-state index in [0.717, 1.165) is 31.2 Å². The zero-order chi connectivity index (χ0) is 30.3. The van der Waals surface area contributed by atoms with Crippen LogP contribution in [0.2, 0.25) is 0 Å². The van der Waals surface area contributed by atoms with Gasteiger partial charge >= 0.3 is 6.97 Å². The highest BCUT2D eigenvalue weighted by Gasteiger charge is 2.54. The summed E-state index contributed by atoms with van der Waals surface area (Å²) in [5.74, 6) is 1.43. The van der Waals surface area contributed by atoms with Crippen LogP contribution in [0.15, 0.2) is 77.5 Å². The first kappa shape index (κ1) is 28.1. The number of hydrogen-bond donors (Lipinski definition) is 1. The maximum absolute atomic E-state index is 16.3. The van der Waals surface area contributed by atoms with Crippen molar-refractivity contribution in [3.05, 3.63) is 94.6 Å². The molecule has 218 valence electrons. The number of allylic oxidation sites excluding steroid dienone is 2. The molecule has 2 aliphatic rings. The van der Waals surface area contributed by atoms with Crippen LogP contribution in [-0.2, 0) is 11.3 Å². The highest BCUT2D eigenvalue weighted by atomic mass is 19.2. The molecule has 6 rings (SSSR count). The number of nitrogens with one attached hydrogen (secondary N) is 1. The number of nitrogens with zero attached hydrogens (tertiary/aromatic N) is 6. The number of hydrogen-bond acceptors (Lipinski definition) is 6. The molecule has 1 amide bonds. The monoisotopic (exact) mass is 581 g/mol. The number of halogens is 2. The van der Waals surface area contributed by atoms with Gasteiger partial charge in [-0.05, 0) is 67.8 Å². The third-order valence-electron chi connectivity index (χ3n) is 8.02. The number of methoxy groups -OCH3 is 1. The van der Waals surface area contributed by atoms with E-state index in [-0.39, 0.29) is 12.3 Å². The third kappa shape index (κ3) is 5.13. The first-order chi connectivity index (χ1) is 20.7. The number of aryl methyl sites for hydroxylation is 1. The lowest BCUT2D eigenvalue weighted by molar-refractivity contribution is -0.362. The number of carbonyl (C=O) groups is 1. The van der Waals surface area contributed by atoms with Gasteiger partial charge in [0, 0.05) is 54.1 Å². The fourth-order valence-electron chi connectivity index (χ4n) is 5.75. The SMILES string of the molecule is COc1ccc(-c2ccc3n2[B-](F)(F)[N+]2=C(C)C(CCC(=O)NCc4ccc(-c5nnc(C)nn5)cc4)=C(C)C2=C3)cc1. The van der Waals surface area contributed by atoms with Gasteiger partial charge < -0.3 is 27.6 Å². The zero-order valence-electron chi connectivity index (χ0n) is 24.3. The molecule has 9 nitrogen and oxygen atoms in total. The van der Waals surface area contributed by atoms with Crippen molar-refractivity contribution < 1.29 is 22.6 Å². The van der Waals surface area contributed by atoms with Crippen LogP contribution < -0.4 is 10.1 Å². The summed E-state index contributed by atoms with van der Waals surface area (Å²) in [6.07, 6.45) is 2.34. The first-order valence-electron chi connectivity index (χ1n) is 14.0. The molecule has 0 aliphatic carbocycles. The van der Waals surface area contributed by atoms with Crippen LogP contribution in [-0.4, -0.2) is 55.1 Å². The first-order valence-corrected chi connectivity index (χ1v) is 14.0. The third-order valence-corrected chi connectivity index (χ3v) is 8.02. The maximum atomic E-state index is 16.3. The topological polar surface area (TPSA) is 97.8 Å². The Bertz CT molecular complexity index is 1810. The van der Waals surface area contributed by atoms with E-state index in [1.54, 1.807) is 63.4 Å². The highest BCUT2D eigenvalue weighted by molar-refractivity contribution is 6.58. The van der Waals surface area contributed by atoms with Gasteiger partial charge in [-0.2, -0.15) is 0 Å². The molecule has 4 heterocycles. The van der Waals surface area contributed by atoms with Crippen molar-refractivity contribution in [1.82, 2.24) is 30.2 Å². The Morgan fingerprint density at radius 1 is 0.930 bits per heavy atom. The lowest BCUT2D eigenvalue weighted by atomic mass is 9.89. The maximum Gasteiger partial charge on any atom is 0.737 e. The molecule has 1 N–H and O–H groups in total. The van der Waals surface area contributed by atoms with Crippen molar-refractivity contribution in [1.29, 1.82) is 0 Å². The van der Waals surface area contributed by atoms with Gasteiger partial charge in [-0.3, -0.25) is 4.79 Å². The van der Waals surface area contributed by atoms with Crippen LogP contribution in [0.25, 0.3) is 28.7 Å². The number of rotatable bonds is 8. The van der Waals surface area contributed by atoms with Crippen molar-refractivity contribution in [3.63, 3.8) is 0 Å². The summed E-state index contributed by atoms with van der Waals surface area (Å²) in [7, 11) is 1.57. The Balaban J connectivity index is 1.14. The summed E-state index contributed by atoms with van der Waals surface area (Å²) in [5.41, 5.74) is 5.72. The summed E-state index contributed by atoms with van der Waals surface area (Å²) in [6.45, 7) is 1.45. The van der Waals surface area contributed by atoms with E-state index in [4.69, 9.17) is 4.74 Å². The van der Waals surface area contributed by atoms with Gasteiger partial charge in [0.25, 0.3) is 0 Å². The molecule has 43 heavy (non-hydrogen) atoms. The second kappa shape index (κ2) is 11.0. The zero-order valence-corrected chi connectivity index (χ0v) is 24.3. The van der Waals surface area contributed by atoms with Gasteiger partial charge in [0.05, 0.1) is 7.11 Å². The van der Waals surface area contributed by atoms with E-state index in [1.165, 1.54) is 0 Å². The molecule has 0 atom stereocenters. The normalized spacial score (nSPS) is 15.3. The van der Waals surface area contributed by atoms with Crippen molar-refractivity contribution >= 4 is 24.7 Å². The van der Waals surface area contributed by atoms with E-state index < -0.39 is 6.97 Å². The largest absolute Gasteiger partial charge is 0.737 e. The fraction of sp³-hybridized carbons (Fsp3) is 0.226. The Morgan fingerprint density at radius 2 is 1.60 bits per heavy atom. The summed E-state index contributed by atoms with van der Waals surface area (Å²) >= 11 is 0. The minimum atomic E-state index is -4.17. The summed E-state index contributed by atoms with van der Waals surface area (Å²) in [5, 5.41) is 18.9. The number of carbonyl (C=O) groups excluding carboxylic acids is 1. The predicted molar refractivity (Wildman–Crippen MR) is 160 cm³/mol. The molecule has 2 aromatic heterocycles. The second-order valence-electron chi connectivity index (χ2n) is 10.7. The van der Waals surface area contributed by atoms with E-state index in [1.807, 2.05) is 31.2 Å². The number of ether oxygens (including phenoxy) is 1. The number of fused-ring (bicyclic) bond motifs is 2. The number of aromatic nitrogens is 5. The molecule has 2 aliphatic heterocycles. The van der Waals surface area contributed by atoms with Gasteiger partial charge in [-0.25, -0.2) is 0 Å². The lowest BCUT2D eigenvalue weighted by Gasteiger charge is -2.31. The molecule has 0 fully saturated rings. The Morgan fingerprint density at radius 3 is 2.28 bits per heavy atom. The average molecular weight is 581 g/mol. The minimum Gasteiger partial charge on any atom is -0.497 e. The van der Waals surface area contributed by atoms with Crippen LogP contribution in [0.5, 0.6) is 5.75 Å². The molecule has 2 aromatic carbocycles. The van der Waals surface area contributed by atoms with E-state index >= 15 is 8.63 Å². The molecule has 0 radical (unpaired) electrons. The molecular formula is C31H30BF2N7O2.